The molecule has 0 saturated heterocycles. The highest BCUT2D eigenvalue weighted by atomic mass is 35.5. The number of rotatable bonds is 7. The Balaban J connectivity index is 3.60. The normalized spacial score (nSPS) is 14.5. The van der Waals surface area contributed by atoms with Gasteiger partial charge in [0.15, 0.2) is 0 Å². The summed E-state index contributed by atoms with van der Waals surface area (Å²) < 4.78 is 4.80. The van der Waals surface area contributed by atoms with Gasteiger partial charge in [0.2, 0.25) is 0 Å². The third-order valence-corrected chi connectivity index (χ3v) is 2.22. The lowest BCUT2D eigenvalue weighted by Gasteiger charge is -2.11. The van der Waals surface area contributed by atoms with Crippen molar-refractivity contribution in [2.75, 3.05) is 6.61 Å². The third-order valence-electron chi connectivity index (χ3n) is 1.74. The summed E-state index contributed by atoms with van der Waals surface area (Å²) in [6, 6.07) is 0. The van der Waals surface area contributed by atoms with Crippen molar-refractivity contribution < 1.29 is 14.6 Å². The van der Waals surface area contributed by atoms with Gasteiger partial charge in [-0.3, -0.25) is 4.79 Å². The summed E-state index contributed by atoms with van der Waals surface area (Å²) in [5.41, 5.74) is 0. The van der Waals surface area contributed by atoms with Crippen LogP contribution in [0.1, 0.15) is 26.2 Å². The van der Waals surface area contributed by atoms with Crippen molar-refractivity contribution in [2.45, 2.75) is 37.7 Å². The summed E-state index contributed by atoms with van der Waals surface area (Å²) in [7, 11) is 0. The van der Waals surface area contributed by atoms with E-state index in [1.165, 1.54) is 0 Å². The highest BCUT2D eigenvalue weighted by Gasteiger charge is 2.15. The van der Waals surface area contributed by atoms with Crippen LogP contribution in [-0.2, 0) is 9.53 Å². The molecule has 0 aromatic carbocycles. The summed E-state index contributed by atoms with van der Waals surface area (Å²) in [5.74, 6) is -0.466. The van der Waals surface area contributed by atoms with Gasteiger partial charge in [-0.1, -0.05) is 13.0 Å². The zero-order valence-corrected chi connectivity index (χ0v) is 9.17. The number of carbonyl (C=O) groups excluding carboxylic acids is 1. The SMILES string of the molecule is C=CCCC(O)COC(=O)C(Cl)CC. The van der Waals surface area contributed by atoms with Crippen LogP contribution in [0.15, 0.2) is 12.7 Å². The second-order valence-corrected chi connectivity index (χ2v) is 3.55. The largest absolute Gasteiger partial charge is 0.462 e. The molecule has 82 valence electrons. The van der Waals surface area contributed by atoms with Crippen molar-refractivity contribution in [2.24, 2.45) is 0 Å². The van der Waals surface area contributed by atoms with Crippen LogP contribution in [0.3, 0.4) is 0 Å². The summed E-state index contributed by atoms with van der Waals surface area (Å²) in [5, 5.41) is 8.71. The van der Waals surface area contributed by atoms with Crippen LogP contribution in [-0.4, -0.2) is 29.2 Å². The molecule has 0 aliphatic rings. The summed E-state index contributed by atoms with van der Waals surface area (Å²) >= 11 is 5.63. The van der Waals surface area contributed by atoms with E-state index >= 15 is 0 Å². The molecule has 0 radical (unpaired) electrons. The first-order valence-electron chi connectivity index (χ1n) is 4.71. The van der Waals surface area contributed by atoms with Gasteiger partial charge in [0.1, 0.15) is 12.0 Å². The molecule has 0 fully saturated rings. The average Bonchev–Trinajstić information content (AvgIpc) is 2.21. The van der Waals surface area contributed by atoms with Gasteiger partial charge in [-0.2, -0.15) is 0 Å². The maximum absolute atomic E-state index is 11.1. The molecule has 1 N–H and O–H groups in total. The van der Waals surface area contributed by atoms with Gasteiger partial charge in [0.25, 0.3) is 0 Å². The molecule has 0 aliphatic heterocycles. The minimum atomic E-state index is -0.627. The van der Waals surface area contributed by atoms with E-state index in [2.05, 4.69) is 6.58 Å². The van der Waals surface area contributed by atoms with Crippen LogP contribution in [0, 0.1) is 0 Å². The summed E-state index contributed by atoms with van der Waals surface area (Å²) in [6.07, 6.45) is 2.87. The molecule has 4 heteroatoms. The average molecular weight is 221 g/mol. The molecular formula is C10H17ClO3. The monoisotopic (exact) mass is 220 g/mol. The molecule has 0 rings (SSSR count). The lowest BCUT2D eigenvalue weighted by atomic mass is 10.2. The standard InChI is InChI=1S/C10H17ClO3/c1-3-5-6-8(12)7-14-10(13)9(11)4-2/h3,8-9,12H,1,4-7H2,2H3. The Morgan fingerprint density at radius 1 is 1.71 bits per heavy atom. The molecular weight excluding hydrogens is 204 g/mol. The number of ether oxygens (including phenoxy) is 1. The van der Waals surface area contributed by atoms with E-state index in [4.69, 9.17) is 16.3 Å². The molecule has 0 aromatic heterocycles. The Kier molecular flexibility index (Phi) is 7.52. The van der Waals surface area contributed by atoms with Crippen LogP contribution in [0.5, 0.6) is 0 Å². The van der Waals surface area contributed by atoms with Crippen molar-refractivity contribution >= 4 is 17.6 Å². The Morgan fingerprint density at radius 3 is 2.86 bits per heavy atom. The fourth-order valence-electron chi connectivity index (χ4n) is 0.829. The quantitative estimate of drug-likeness (QED) is 0.405. The van der Waals surface area contributed by atoms with E-state index in [-0.39, 0.29) is 6.61 Å². The van der Waals surface area contributed by atoms with Crippen LogP contribution in [0.25, 0.3) is 0 Å². The maximum atomic E-state index is 11.1. The zero-order chi connectivity index (χ0) is 11.0. The van der Waals surface area contributed by atoms with Crippen molar-refractivity contribution in [3.05, 3.63) is 12.7 Å². The molecule has 0 heterocycles. The van der Waals surface area contributed by atoms with E-state index in [1.54, 1.807) is 13.0 Å². The Bertz CT molecular complexity index is 182. The molecule has 0 aromatic rings. The number of aliphatic hydroxyl groups is 1. The maximum Gasteiger partial charge on any atom is 0.324 e. The Labute approximate surface area is 89.7 Å². The van der Waals surface area contributed by atoms with E-state index in [9.17, 15) is 9.90 Å². The van der Waals surface area contributed by atoms with Crippen LogP contribution in [0.2, 0.25) is 0 Å². The fourth-order valence-corrected chi connectivity index (χ4v) is 0.892. The first-order chi connectivity index (χ1) is 6.61. The van der Waals surface area contributed by atoms with E-state index in [0.717, 1.165) is 0 Å². The molecule has 2 atom stereocenters. The second kappa shape index (κ2) is 7.83. The van der Waals surface area contributed by atoms with Crippen molar-refractivity contribution in [3.63, 3.8) is 0 Å². The molecule has 0 spiro atoms. The second-order valence-electron chi connectivity index (χ2n) is 3.03. The minimum absolute atomic E-state index is 0.00981. The number of carbonyl (C=O) groups is 1. The van der Waals surface area contributed by atoms with Crippen molar-refractivity contribution in [3.8, 4) is 0 Å². The zero-order valence-electron chi connectivity index (χ0n) is 8.41. The summed E-state index contributed by atoms with van der Waals surface area (Å²) in [6.45, 7) is 5.34. The molecule has 0 aliphatic carbocycles. The lowest BCUT2D eigenvalue weighted by Crippen LogP contribution is -2.23. The van der Waals surface area contributed by atoms with Gasteiger partial charge in [-0.15, -0.1) is 18.2 Å². The van der Waals surface area contributed by atoms with Gasteiger partial charge in [0, 0.05) is 0 Å². The topological polar surface area (TPSA) is 46.5 Å². The predicted molar refractivity (Wildman–Crippen MR) is 56.3 cm³/mol. The van der Waals surface area contributed by atoms with Crippen LogP contribution >= 0.6 is 11.6 Å². The van der Waals surface area contributed by atoms with E-state index in [0.29, 0.717) is 19.3 Å². The number of alkyl halides is 1. The number of esters is 1. The molecule has 2 unspecified atom stereocenters. The number of halogens is 1. The highest BCUT2D eigenvalue weighted by Crippen LogP contribution is 2.05. The van der Waals surface area contributed by atoms with E-state index in [1.807, 2.05) is 0 Å². The van der Waals surface area contributed by atoms with Crippen LogP contribution in [0.4, 0.5) is 0 Å². The molecule has 3 nitrogen and oxygen atoms in total. The molecule has 0 amide bonds. The lowest BCUT2D eigenvalue weighted by molar-refractivity contribution is -0.146. The highest BCUT2D eigenvalue weighted by molar-refractivity contribution is 6.29. The summed E-state index contributed by atoms with van der Waals surface area (Å²) in [4.78, 5) is 11.1. The first-order valence-corrected chi connectivity index (χ1v) is 5.15. The predicted octanol–water partition coefficient (Wildman–Crippen LogP) is 1.87. The van der Waals surface area contributed by atoms with Gasteiger partial charge in [-0.05, 0) is 19.3 Å². The van der Waals surface area contributed by atoms with Gasteiger partial charge < -0.3 is 9.84 Å². The first kappa shape index (κ1) is 13.5. The number of hydrogen-bond donors (Lipinski definition) is 1. The smallest absolute Gasteiger partial charge is 0.324 e. The number of hydrogen-bond acceptors (Lipinski definition) is 3. The third kappa shape index (κ3) is 6.00. The van der Waals surface area contributed by atoms with Crippen LogP contribution < -0.4 is 0 Å². The van der Waals surface area contributed by atoms with Gasteiger partial charge >= 0.3 is 5.97 Å². The fraction of sp³-hybridized carbons (Fsp3) is 0.700. The molecule has 0 bridgehead atoms. The number of aliphatic hydroxyl groups excluding tert-OH is 1. The number of allylic oxidation sites excluding steroid dienone is 1. The van der Waals surface area contributed by atoms with Crippen molar-refractivity contribution in [1.29, 1.82) is 0 Å². The van der Waals surface area contributed by atoms with E-state index < -0.39 is 17.5 Å². The Morgan fingerprint density at radius 2 is 2.36 bits per heavy atom. The molecule has 14 heavy (non-hydrogen) atoms. The Hall–Kier alpha value is -0.540. The van der Waals surface area contributed by atoms with Gasteiger partial charge in [-0.25, -0.2) is 0 Å². The minimum Gasteiger partial charge on any atom is -0.462 e. The molecule has 0 saturated carbocycles. The van der Waals surface area contributed by atoms with Crippen molar-refractivity contribution in [1.82, 2.24) is 0 Å². The van der Waals surface area contributed by atoms with Gasteiger partial charge in [0.05, 0.1) is 6.10 Å².